The Labute approximate surface area is 166 Å². The molecule has 3 rings (SSSR count). The Bertz CT molecular complexity index is 969. The summed E-state index contributed by atoms with van der Waals surface area (Å²) in [4.78, 5) is 28.3. The second-order valence-electron chi connectivity index (χ2n) is 6.60. The van der Waals surface area contributed by atoms with Crippen LogP contribution >= 0.6 is 11.3 Å². The summed E-state index contributed by atoms with van der Waals surface area (Å²) in [7, 11) is 0. The van der Waals surface area contributed by atoms with E-state index in [2.05, 4.69) is 29.5 Å². The number of non-ortho nitro benzene ring substituents is 1. The Hall–Kier alpha value is -3.26. The number of nitro groups is 1. The van der Waals surface area contributed by atoms with E-state index >= 15 is 0 Å². The van der Waals surface area contributed by atoms with Gasteiger partial charge in [0.25, 0.3) is 11.6 Å². The number of nitrogens with zero attached hydrogens (tertiary/aromatic N) is 2. The fraction of sp³-hybridized carbons (Fsp3) is 0.200. The number of rotatable bonds is 7. The number of nitro benzene ring substituents is 1. The van der Waals surface area contributed by atoms with E-state index < -0.39 is 4.92 Å². The average molecular weight is 396 g/mol. The second-order valence-corrected chi connectivity index (χ2v) is 7.59. The van der Waals surface area contributed by atoms with Gasteiger partial charge in [0.15, 0.2) is 5.13 Å². The highest BCUT2D eigenvalue weighted by molar-refractivity contribution is 7.18. The zero-order valence-corrected chi connectivity index (χ0v) is 16.3. The van der Waals surface area contributed by atoms with E-state index in [1.54, 1.807) is 12.1 Å². The number of thiazole rings is 1. The zero-order valence-electron chi connectivity index (χ0n) is 15.5. The maximum absolute atomic E-state index is 12.9. The maximum Gasteiger partial charge on any atom is 0.269 e. The summed E-state index contributed by atoms with van der Waals surface area (Å²) in [5.41, 5.74) is 1.83. The van der Waals surface area contributed by atoms with Crippen molar-refractivity contribution in [3.05, 3.63) is 69.6 Å². The smallest absolute Gasteiger partial charge is 0.269 e. The fourth-order valence-electron chi connectivity index (χ4n) is 2.49. The summed E-state index contributed by atoms with van der Waals surface area (Å²) in [6.07, 6.45) is 0. The summed E-state index contributed by atoms with van der Waals surface area (Å²) < 4.78 is 0. The molecule has 144 valence electrons. The molecule has 8 heteroatoms. The Morgan fingerprint density at radius 3 is 2.43 bits per heavy atom. The number of carbonyl (C=O) groups is 1. The topological polar surface area (TPSA) is 97.2 Å². The zero-order chi connectivity index (χ0) is 20.1. The van der Waals surface area contributed by atoms with Crippen molar-refractivity contribution in [3.63, 3.8) is 0 Å². The molecule has 7 nitrogen and oxygen atoms in total. The number of carbonyl (C=O) groups excluding carboxylic acids is 1. The molecule has 0 aliphatic heterocycles. The third kappa shape index (κ3) is 4.72. The normalized spacial score (nSPS) is 10.7. The highest BCUT2D eigenvalue weighted by Gasteiger charge is 2.20. The first-order chi connectivity index (χ1) is 13.4. The number of anilines is 2. The van der Waals surface area contributed by atoms with Gasteiger partial charge in [-0.1, -0.05) is 43.4 Å². The van der Waals surface area contributed by atoms with Crippen molar-refractivity contribution in [3.8, 4) is 11.3 Å². The molecule has 0 fully saturated rings. The Morgan fingerprint density at radius 1 is 1.14 bits per heavy atom. The third-order valence-corrected chi connectivity index (χ3v) is 4.89. The molecule has 0 radical (unpaired) electrons. The number of benzene rings is 2. The Morgan fingerprint density at radius 2 is 1.82 bits per heavy atom. The lowest BCUT2D eigenvalue weighted by Crippen LogP contribution is -2.11. The number of hydrogen-bond donors (Lipinski definition) is 2. The minimum atomic E-state index is -0.455. The number of aromatic nitrogens is 1. The van der Waals surface area contributed by atoms with Gasteiger partial charge in [-0.05, 0) is 30.2 Å². The monoisotopic (exact) mass is 396 g/mol. The molecule has 0 saturated heterocycles. The standard InChI is InChI=1S/C20H20N4O3S/c1-13(2)12-21-20-23-17(14-8-10-16(11-9-14)24(26)27)18(28-20)19(25)22-15-6-4-3-5-7-15/h3-11,13H,12H2,1-2H3,(H,21,23)(H,22,25). The van der Waals surface area contributed by atoms with E-state index in [1.165, 1.54) is 23.5 Å². The number of amides is 1. The molecular formula is C20H20N4O3S. The van der Waals surface area contributed by atoms with Gasteiger partial charge in [0, 0.05) is 29.9 Å². The summed E-state index contributed by atoms with van der Waals surface area (Å²) >= 11 is 1.27. The largest absolute Gasteiger partial charge is 0.361 e. The van der Waals surface area contributed by atoms with Crippen LogP contribution in [0.2, 0.25) is 0 Å². The molecule has 0 bridgehead atoms. The lowest BCUT2D eigenvalue weighted by atomic mass is 10.1. The summed E-state index contributed by atoms with van der Waals surface area (Å²) in [6, 6.07) is 15.2. The minimum absolute atomic E-state index is 0.00702. The lowest BCUT2D eigenvalue weighted by molar-refractivity contribution is -0.384. The van der Waals surface area contributed by atoms with Gasteiger partial charge in [-0.15, -0.1) is 0 Å². The lowest BCUT2D eigenvalue weighted by Gasteiger charge is -2.05. The summed E-state index contributed by atoms with van der Waals surface area (Å²) in [5, 5.41) is 17.7. The maximum atomic E-state index is 12.9. The molecular weight excluding hydrogens is 376 g/mol. The van der Waals surface area contributed by atoms with Crippen LogP contribution in [-0.2, 0) is 0 Å². The van der Waals surface area contributed by atoms with Crippen LogP contribution in [0.3, 0.4) is 0 Å². The molecule has 0 unspecified atom stereocenters. The van der Waals surface area contributed by atoms with E-state index in [0.29, 0.717) is 32.9 Å². The minimum Gasteiger partial charge on any atom is -0.361 e. The van der Waals surface area contributed by atoms with Crippen LogP contribution in [0.1, 0.15) is 23.5 Å². The average Bonchev–Trinajstić information content (AvgIpc) is 3.12. The van der Waals surface area contributed by atoms with E-state index in [4.69, 9.17) is 0 Å². The van der Waals surface area contributed by atoms with Crippen LogP contribution in [-0.4, -0.2) is 22.4 Å². The first-order valence-electron chi connectivity index (χ1n) is 8.80. The van der Waals surface area contributed by atoms with Crippen molar-refractivity contribution in [1.29, 1.82) is 0 Å². The van der Waals surface area contributed by atoms with Crippen molar-refractivity contribution < 1.29 is 9.72 Å². The molecule has 1 amide bonds. The van der Waals surface area contributed by atoms with Crippen LogP contribution in [0.4, 0.5) is 16.5 Å². The molecule has 1 heterocycles. The van der Waals surface area contributed by atoms with E-state index in [-0.39, 0.29) is 11.6 Å². The molecule has 0 spiro atoms. The van der Waals surface area contributed by atoms with Gasteiger partial charge >= 0.3 is 0 Å². The van der Waals surface area contributed by atoms with Crippen molar-refractivity contribution in [2.24, 2.45) is 5.92 Å². The first-order valence-corrected chi connectivity index (χ1v) is 9.61. The predicted molar refractivity (Wildman–Crippen MR) is 112 cm³/mol. The summed E-state index contributed by atoms with van der Waals surface area (Å²) in [5.74, 6) is 0.156. The van der Waals surface area contributed by atoms with E-state index in [9.17, 15) is 14.9 Å². The molecule has 28 heavy (non-hydrogen) atoms. The van der Waals surface area contributed by atoms with Crippen LogP contribution in [0.25, 0.3) is 11.3 Å². The van der Waals surface area contributed by atoms with E-state index in [1.807, 2.05) is 30.3 Å². The molecule has 0 saturated carbocycles. The Balaban J connectivity index is 1.94. The van der Waals surface area contributed by atoms with Gasteiger partial charge in [-0.25, -0.2) is 4.98 Å². The fourth-order valence-corrected chi connectivity index (χ4v) is 3.38. The van der Waals surface area contributed by atoms with Crippen molar-refractivity contribution in [2.75, 3.05) is 17.2 Å². The molecule has 1 aromatic heterocycles. The van der Waals surface area contributed by atoms with Gasteiger partial charge < -0.3 is 10.6 Å². The number of nitrogens with one attached hydrogen (secondary N) is 2. The van der Waals surface area contributed by atoms with Crippen LogP contribution in [0.5, 0.6) is 0 Å². The van der Waals surface area contributed by atoms with Gasteiger partial charge in [0.05, 0.1) is 10.6 Å². The van der Waals surface area contributed by atoms with Crippen LogP contribution in [0, 0.1) is 16.0 Å². The van der Waals surface area contributed by atoms with Crippen molar-refractivity contribution in [1.82, 2.24) is 4.98 Å². The third-order valence-electron chi connectivity index (χ3n) is 3.88. The van der Waals surface area contributed by atoms with Gasteiger partial charge in [0.2, 0.25) is 0 Å². The predicted octanol–water partition coefficient (Wildman–Crippen LogP) is 5.04. The molecule has 2 aromatic carbocycles. The number of para-hydroxylation sites is 1. The van der Waals surface area contributed by atoms with Crippen LogP contribution < -0.4 is 10.6 Å². The first kappa shape index (κ1) is 19.5. The quantitative estimate of drug-likeness (QED) is 0.431. The molecule has 0 atom stereocenters. The van der Waals surface area contributed by atoms with Gasteiger partial charge in [-0.2, -0.15) is 0 Å². The van der Waals surface area contributed by atoms with Crippen molar-refractivity contribution >= 4 is 33.8 Å². The Kier molecular flexibility index (Phi) is 6.00. The highest BCUT2D eigenvalue weighted by atomic mass is 32.1. The van der Waals surface area contributed by atoms with E-state index in [0.717, 1.165) is 6.54 Å². The van der Waals surface area contributed by atoms with Crippen LogP contribution in [0.15, 0.2) is 54.6 Å². The SMILES string of the molecule is CC(C)CNc1nc(-c2ccc([N+](=O)[O-])cc2)c(C(=O)Nc2ccccc2)s1. The van der Waals surface area contributed by atoms with Crippen molar-refractivity contribution in [2.45, 2.75) is 13.8 Å². The highest BCUT2D eigenvalue weighted by Crippen LogP contribution is 2.33. The van der Waals surface area contributed by atoms with Gasteiger partial charge in [-0.3, -0.25) is 14.9 Å². The molecule has 0 aliphatic carbocycles. The van der Waals surface area contributed by atoms with Gasteiger partial charge in [0.1, 0.15) is 4.88 Å². The molecule has 3 aromatic rings. The molecule has 0 aliphatic rings. The molecule has 2 N–H and O–H groups in total. The number of hydrogen-bond acceptors (Lipinski definition) is 6. The second kappa shape index (κ2) is 8.62. The summed E-state index contributed by atoms with van der Waals surface area (Å²) in [6.45, 7) is 4.90.